The van der Waals surface area contributed by atoms with Crippen molar-refractivity contribution in [2.75, 3.05) is 25.4 Å². The number of hydrogen-bond acceptors (Lipinski definition) is 4. The van der Waals surface area contributed by atoms with Gasteiger partial charge in [-0.3, -0.25) is 0 Å². The first-order valence-corrected chi connectivity index (χ1v) is 8.69. The summed E-state index contributed by atoms with van der Waals surface area (Å²) in [5, 5.41) is 2.92. The Labute approximate surface area is 111 Å². The molecule has 0 amide bonds. The number of rotatable bonds is 8. The van der Waals surface area contributed by atoms with E-state index in [4.69, 9.17) is 4.74 Å². The standard InChI is InChI=1S/C13H27NO3S/c1-11(2)5-4-7-14-8-10-18(15,16)13-6-9-17-12(13)3/h11-14H,4-10H2,1-3H3. The summed E-state index contributed by atoms with van der Waals surface area (Å²) in [5.41, 5.74) is 0. The predicted octanol–water partition coefficient (Wildman–Crippen LogP) is 1.60. The van der Waals surface area contributed by atoms with Gasteiger partial charge >= 0.3 is 0 Å². The zero-order valence-corrected chi connectivity index (χ0v) is 12.6. The van der Waals surface area contributed by atoms with Crippen LogP contribution < -0.4 is 5.32 Å². The third-order valence-electron chi connectivity index (χ3n) is 3.47. The molecule has 2 unspecified atom stereocenters. The molecule has 0 aromatic heterocycles. The fourth-order valence-corrected chi connectivity index (χ4v) is 4.16. The third kappa shape index (κ3) is 5.24. The number of nitrogens with one attached hydrogen (secondary N) is 1. The van der Waals surface area contributed by atoms with Gasteiger partial charge in [0.1, 0.15) is 0 Å². The van der Waals surface area contributed by atoms with Crippen LogP contribution in [0.5, 0.6) is 0 Å². The largest absolute Gasteiger partial charge is 0.377 e. The van der Waals surface area contributed by atoms with Crippen molar-refractivity contribution in [3.63, 3.8) is 0 Å². The van der Waals surface area contributed by atoms with Gasteiger partial charge < -0.3 is 10.1 Å². The minimum absolute atomic E-state index is 0.143. The maximum atomic E-state index is 12.1. The van der Waals surface area contributed by atoms with Crippen molar-refractivity contribution in [2.45, 2.75) is 51.4 Å². The van der Waals surface area contributed by atoms with Crippen LogP contribution in [0.15, 0.2) is 0 Å². The highest BCUT2D eigenvalue weighted by atomic mass is 32.2. The van der Waals surface area contributed by atoms with E-state index in [0.29, 0.717) is 25.5 Å². The summed E-state index contributed by atoms with van der Waals surface area (Å²) in [6.07, 6.45) is 2.81. The molecule has 0 aromatic carbocycles. The average molecular weight is 277 g/mol. The van der Waals surface area contributed by atoms with Crippen LogP contribution in [0.25, 0.3) is 0 Å². The molecule has 1 heterocycles. The molecule has 0 radical (unpaired) electrons. The van der Waals surface area contributed by atoms with Crippen LogP contribution in [0, 0.1) is 5.92 Å². The predicted molar refractivity (Wildman–Crippen MR) is 74.5 cm³/mol. The van der Waals surface area contributed by atoms with Gasteiger partial charge in [0.2, 0.25) is 0 Å². The highest BCUT2D eigenvalue weighted by Crippen LogP contribution is 2.21. The van der Waals surface area contributed by atoms with Crippen LogP contribution in [0.3, 0.4) is 0 Å². The summed E-state index contributed by atoms with van der Waals surface area (Å²) in [6, 6.07) is 0. The van der Waals surface area contributed by atoms with Crippen LogP contribution in [0.1, 0.15) is 40.0 Å². The molecule has 0 saturated carbocycles. The fraction of sp³-hybridized carbons (Fsp3) is 1.00. The Morgan fingerprint density at radius 1 is 1.33 bits per heavy atom. The zero-order valence-electron chi connectivity index (χ0n) is 11.8. The molecule has 1 N–H and O–H groups in total. The molecule has 18 heavy (non-hydrogen) atoms. The molecule has 0 spiro atoms. The van der Waals surface area contributed by atoms with E-state index in [-0.39, 0.29) is 17.1 Å². The van der Waals surface area contributed by atoms with Crippen LogP contribution in [0.2, 0.25) is 0 Å². The van der Waals surface area contributed by atoms with E-state index in [1.54, 1.807) is 0 Å². The number of hydrogen-bond donors (Lipinski definition) is 1. The number of sulfone groups is 1. The van der Waals surface area contributed by atoms with Crippen LogP contribution >= 0.6 is 0 Å². The van der Waals surface area contributed by atoms with E-state index in [1.165, 1.54) is 6.42 Å². The Hall–Kier alpha value is -0.130. The van der Waals surface area contributed by atoms with Crippen LogP contribution in [-0.4, -0.2) is 45.2 Å². The Bertz CT molecular complexity index is 327. The lowest BCUT2D eigenvalue weighted by atomic mass is 10.1. The monoisotopic (exact) mass is 277 g/mol. The van der Waals surface area contributed by atoms with E-state index in [2.05, 4.69) is 19.2 Å². The minimum atomic E-state index is -3.00. The average Bonchev–Trinajstić information content (AvgIpc) is 2.70. The Kier molecular flexibility index (Phi) is 6.60. The summed E-state index contributed by atoms with van der Waals surface area (Å²) >= 11 is 0. The van der Waals surface area contributed by atoms with Crippen molar-refractivity contribution in [2.24, 2.45) is 5.92 Å². The third-order valence-corrected chi connectivity index (χ3v) is 5.78. The lowest BCUT2D eigenvalue weighted by Crippen LogP contribution is -2.34. The summed E-state index contributed by atoms with van der Waals surface area (Å²) in [7, 11) is -3.00. The van der Waals surface area contributed by atoms with Gasteiger partial charge in [-0.2, -0.15) is 0 Å². The minimum Gasteiger partial charge on any atom is -0.377 e. The van der Waals surface area contributed by atoms with Crippen molar-refractivity contribution in [1.82, 2.24) is 5.32 Å². The molecule has 108 valence electrons. The van der Waals surface area contributed by atoms with Crippen molar-refractivity contribution < 1.29 is 13.2 Å². The van der Waals surface area contributed by atoms with Gasteiger partial charge in [0.15, 0.2) is 9.84 Å². The highest BCUT2D eigenvalue weighted by Gasteiger charge is 2.35. The lowest BCUT2D eigenvalue weighted by Gasteiger charge is -2.15. The Balaban J connectivity index is 2.18. The Morgan fingerprint density at radius 3 is 2.61 bits per heavy atom. The van der Waals surface area contributed by atoms with Gasteiger partial charge in [0.05, 0.1) is 17.1 Å². The fourth-order valence-electron chi connectivity index (χ4n) is 2.31. The molecule has 1 rings (SSSR count). The van der Waals surface area contributed by atoms with E-state index >= 15 is 0 Å². The summed E-state index contributed by atoms with van der Waals surface area (Å²) in [4.78, 5) is 0. The van der Waals surface area contributed by atoms with Crippen LogP contribution in [-0.2, 0) is 14.6 Å². The Morgan fingerprint density at radius 2 is 2.06 bits per heavy atom. The normalized spacial score (nSPS) is 24.9. The highest BCUT2D eigenvalue weighted by molar-refractivity contribution is 7.92. The van der Waals surface area contributed by atoms with E-state index in [0.717, 1.165) is 13.0 Å². The van der Waals surface area contributed by atoms with E-state index < -0.39 is 9.84 Å². The van der Waals surface area contributed by atoms with Gasteiger partial charge in [-0.15, -0.1) is 0 Å². The van der Waals surface area contributed by atoms with Gasteiger partial charge in [-0.25, -0.2) is 8.42 Å². The molecule has 0 bridgehead atoms. The molecule has 0 aliphatic carbocycles. The smallest absolute Gasteiger partial charge is 0.157 e. The molecule has 4 nitrogen and oxygen atoms in total. The van der Waals surface area contributed by atoms with E-state index in [1.807, 2.05) is 6.92 Å². The first-order chi connectivity index (χ1) is 8.43. The van der Waals surface area contributed by atoms with Crippen molar-refractivity contribution in [3.05, 3.63) is 0 Å². The molecule has 0 aromatic rings. The summed E-state index contributed by atoms with van der Waals surface area (Å²) in [5.74, 6) is 0.944. The molecule has 5 heteroatoms. The molecular formula is C13H27NO3S. The molecule has 1 saturated heterocycles. The van der Waals surface area contributed by atoms with Gasteiger partial charge in [-0.1, -0.05) is 13.8 Å². The molecular weight excluding hydrogens is 250 g/mol. The molecule has 1 aliphatic rings. The SMILES string of the molecule is CC(C)CCCNCCS(=O)(=O)C1CCOC1C. The molecule has 1 fully saturated rings. The second-order valence-electron chi connectivity index (χ2n) is 5.56. The molecule has 2 atom stereocenters. The maximum absolute atomic E-state index is 12.1. The molecule has 1 aliphatic heterocycles. The number of ether oxygens (including phenoxy) is 1. The van der Waals surface area contributed by atoms with Crippen LogP contribution in [0.4, 0.5) is 0 Å². The first kappa shape index (κ1) is 15.9. The first-order valence-electron chi connectivity index (χ1n) is 6.97. The van der Waals surface area contributed by atoms with Crippen molar-refractivity contribution in [3.8, 4) is 0 Å². The second-order valence-corrected chi connectivity index (χ2v) is 7.90. The quantitative estimate of drug-likeness (QED) is 0.685. The maximum Gasteiger partial charge on any atom is 0.157 e. The zero-order chi connectivity index (χ0) is 13.6. The van der Waals surface area contributed by atoms with E-state index in [9.17, 15) is 8.42 Å². The summed E-state index contributed by atoms with van der Waals surface area (Å²) < 4.78 is 29.5. The van der Waals surface area contributed by atoms with Gasteiger partial charge in [0.25, 0.3) is 0 Å². The summed E-state index contributed by atoms with van der Waals surface area (Å²) in [6.45, 7) is 8.30. The van der Waals surface area contributed by atoms with Crippen molar-refractivity contribution in [1.29, 1.82) is 0 Å². The lowest BCUT2D eigenvalue weighted by molar-refractivity contribution is 0.126. The second kappa shape index (κ2) is 7.46. The van der Waals surface area contributed by atoms with Gasteiger partial charge in [0, 0.05) is 13.2 Å². The van der Waals surface area contributed by atoms with Gasteiger partial charge in [-0.05, 0) is 38.6 Å². The van der Waals surface area contributed by atoms with Crippen molar-refractivity contribution >= 4 is 9.84 Å². The topological polar surface area (TPSA) is 55.4 Å².